The van der Waals surface area contributed by atoms with Crippen molar-refractivity contribution in [1.82, 2.24) is 0 Å². The van der Waals surface area contributed by atoms with Crippen molar-refractivity contribution in [3.8, 4) is 11.1 Å². The molecule has 1 nitrogen and oxygen atoms in total. The standard InChI is InChI=1S/C28H37FO/c1-3-5-7-8-21-10-12-22(13-11-21)23-14-16-24(17-15-23)25-18-19-26(27(29)20-25)28(30)9-6-4-2/h14-22H,3-13H2,1-2H3. The number of benzene rings is 2. The van der Waals surface area contributed by atoms with Gasteiger partial charge in [0.05, 0.1) is 5.56 Å². The van der Waals surface area contributed by atoms with Crippen LogP contribution in [0.3, 0.4) is 0 Å². The molecular weight excluding hydrogens is 371 g/mol. The molecule has 0 unspecified atom stereocenters. The zero-order valence-corrected chi connectivity index (χ0v) is 18.8. The molecule has 3 rings (SSSR count). The fourth-order valence-electron chi connectivity index (χ4n) is 4.81. The molecule has 162 valence electrons. The Kier molecular flexibility index (Phi) is 8.66. The maximum atomic E-state index is 14.5. The van der Waals surface area contributed by atoms with Crippen LogP contribution in [-0.4, -0.2) is 5.78 Å². The molecule has 1 aliphatic rings. The van der Waals surface area contributed by atoms with Crippen LogP contribution in [-0.2, 0) is 0 Å². The lowest BCUT2D eigenvalue weighted by molar-refractivity contribution is 0.0976. The Morgan fingerprint density at radius 3 is 2.17 bits per heavy atom. The van der Waals surface area contributed by atoms with E-state index in [4.69, 9.17) is 0 Å². The van der Waals surface area contributed by atoms with Gasteiger partial charge in [-0.2, -0.15) is 0 Å². The lowest BCUT2D eigenvalue weighted by Gasteiger charge is -2.29. The minimum absolute atomic E-state index is 0.0958. The van der Waals surface area contributed by atoms with Gasteiger partial charge in [0.1, 0.15) is 5.82 Å². The molecule has 0 saturated heterocycles. The Balaban J connectivity index is 1.59. The number of halogens is 1. The van der Waals surface area contributed by atoms with Crippen LogP contribution in [0.1, 0.15) is 106 Å². The number of carbonyl (C=O) groups excluding carboxylic acids is 1. The van der Waals surface area contributed by atoms with Gasteiger partial charge < -0.3 is 0 Å². The monoisotopic (exact) mass is 408 g/mol. The van der Waals surface area contributed by atoms with E-state index < -0.39 is 5.82 Å². The van der Waals surface area contributed by atoms with Crippen molar-refractivity contribution < 1.29 is 9.18 Å². The summed E-state index contributed by atoms with van der Waals surface area (Å²) in [6.45, 7) is 4.31. The summed E-state index contributed by atoms with van der Waals surface area (Å²) in [5, 5.41) is 0. The van der Waals surface area contributed by atoms with E-state index in [9.17, 15) is 9.18 Å². The minimum atomic E-state index is -0.404. The van der Waals surface area contributed by atoms with E-state index >= 15 is 0 Å². The number of carbonyl (C=O) groups is 1. The van der Waals surface area contributed by atoms with Gasteiger partial charge in [0, 0.05) is 6.42 Å². The molecular formula is C28H37FO. The zero-order chi connectivity index (χ0) is 21.3. The van der Waals surface area contributed by atoms with Crippen LogP contribution in [0.25, 0.3) is 11.1 Å². The quantitative estimate of drug-likeness (QED) is 0.284. The van der Waals surface area contributed by atoms with Gasteiger partial charge in [0.25, 0.3) is 0 Å². The van der Waals surface area contributed by atoms with Crippen molar-refractivity contribution in [2.24, 2.45) is 5.92 Å². The van der Waals surface area contributed by atoms with E-state index in [-0.39, 0.29) is 11.3 Å². The van der Waals surface area contributed by atoms with Crippen LogP contribution in [0.15, 0.2) is 42.5 Å². The summed E-state index contributed by atoms with van der Waals surface area (Å²) < 4.78 is 14.5. The van der Waals surface area contributed by atoms with Crippen LogP contribution in [0, 0.1) is 11.7 Å². The maximum absolute atomic E-state index is 14.5. The number of hydrogen-bond acceptors (Lipinski definition) is 1. The highest BCUT2D eigenvalue weighted by Crippen LogP contribution is 2.38. The van der Waals surface area contributed by atoms with E-state index in [1.807, 2.05) is 13.0 Å². The van der Waals surface area contributed by atoms with Gasteiger partial charge >= 0.3 is 0 Å². The first kappa shape index (κ1) is 22.7. The molecule has 1 fully saturated rings. The predicted molar refractivity (Wildman–Crippen MR) is 125 cm³/mol. The van der Waals surface area contributed by atoms with E-state index in [0.29, 0.717) is 12.3 Å². The number of hydrogen-bond donors (Lipinski definition) is 0. The third-order valence-corrected chi connectivity index (χ3v) is 6.80. The third-order valence-electron chi connectivity index (χ3n) is 6.80. The first-order chi connectivity index (χ1) is 14.6. The molecule has 30 heavy (non-hydrogen) atoms. The smallest absolute Gasteiger partial charge is 0.165 e. The molecule has 2 heteroatoms. The van der Waals surface area contributed by atoms with Gasteiger partial charge in [-0.3, -0.25) is 4.79 Å². The van der Waals surface area contributed by atoms with Crippen molar-refractivity contribution >= 4 is 5.78 Å². The van der Waals surface area contributed by atoms with Gasteiger partial charge in [0.15, 0.2) is 5.78 Å². The SMILES string of the molecule is CCCCCC1CCC(c2ccc(-c3ccc(C(=O)CCCC)c(F)c3)cc2)CC1. The van der Waals surface area contributed by atoms with Gasteiger partial charge in [-0.15, -0.1) is 0 Å². The number of unbranched alkanes of at least 4 members (excludes halogenated alkanes) is 3. The van der Waals surface area contributed by atoms with Crippen LogP contribution < -0.4 is 0 Å². The fourth-order valence-corrected chi connectivity index (χ4v) is 4.81. The second-order valence-corrected chi connectivity index (χ2v) is 9.06. The lowest BCUT2D eigenvalue weighted by Crippen LogP contribution is -2.13. The highest BCUT2D eigenvalue weighted by molar-refractivity contribution is 5.96. The van der Waals surface area contributed by atoms with Gasteiger partial charge in [-0.05, 0) is 72.8 Å². The Hall–Kier alpha value is -1.96. The lowest BCUT2D eigenvalue weighted by atomic mass is 9.77. The molecule has 1 aliphatic carbocycles. The predicted octanol–water partition coefficient (Wildman–Crippen LogP) is 8.72. The summed E-state index contributed by atoms with van der Waals surface area (Å²) in [4.78, 5) is 12.1. The fraction of sp³-hybridized carbons (Fsp3) is 0.536. The first-order valence-electron chi connectivity index (χ1n) is 12.1. The van der Waals surface area contributed by atoms with Crippen molar-refractivity contribution in [3.05, 3.63) is 59.4 Å². The van der Waals surface area contributed by atoms with E-state index in [2.05, 4.69) is 31.2 Å². The average Bonchev–Trinajstić information content (AvgIpc) is 2.78. The largest absolute Gasteiger partial charge is 0.294 e. The molecule has 0 bridgehead atoms. The zero-order valence-electron chi connectivity index (χ0n) is 18.8. The number of ketones is 1. The molecule has 2 aromatic carbocycles. The van der Waals surface area contributed by atoms with E-state index in [0.717, 1.165) is 29.9 Å². The molecule has 0 radical (unpaired) electrons. The molecule has 1 saturated carbocycles. The molecule has 0 spiro atoms. The van der Waals surface area contributed by atoms with Crippen molar-refractivity contribution in [2.75, 3.05) is 0 Å². The number of rotatable bonds is 10. The minimum Gasteiger partial charge on any atom is -0.294 e. The topological polar surface area (TPSA) is 17.1 Å². The van der Waals surface area contributed by atoms with E-state index in [1.165, 1.54) is 63.0 Å². The average molecular weight is 409 g/mol. The summed E-state index contributed by atoms with van der Waals surface area (Å²) in [5.74, 6) is 1.09. The molecule has 0 aliphatic heterocycles. The molecule has 0 aromatic heterocycles. The van der Waals surface area contributed by atoms with Crippen LogP contribution in [0.5, 0.6) is 0 Å². The molecule has 0 heterocycles. The first-order valence-corrected chi connectivity index (χ1v) is 12.1. The Labute approximate surface area is 182 Å². The second-order valence-electron chi connectivity index (χ2n) is 9.06. The Morgan fingerprint density at radius 1 is 0.867 bits per heavy atom. The molecule has 0 atom stereocenters. The third kappa shape index (κ3) is 6.03. The molecule has 0 N–H and O–H groups in total. The summed E-state index contributed by atoms with van der Waals surface area (Å²) in [6.07, 6.45) is 12.9. The van der Waals surface area contributed by atoms with Gasteiger partial charge in [-0.25, -0.2) is 4.39 Å². The highest BCUT2D eigenvalue weighted by atomic mass is 19.1. The second kappa shape index (κ2) is 11.4. The van der Waals surface area contributed by atoms with Gasteiger partial charge in [0.2, 0.25) is 0 Å². The number of Topliss-reactive ketones (excluding diaryl/α,β-unsaturated/α-hetero) is 1. The molecule has 0 amide bonds. The van der Waals surface area contributed by atoms with Crippen molar-refractivity contribution in [3.63, 3.8) is 0 Å². The van der Waals surface area contributed by atoms with E-state index in [1.54, 1.807) is 6.07 Å². The Bertz CT molecular complexity index is 800. The van der Waals surface area contributed by atoms with Crippen molar-refractivity contribution in [1.29, 1.82) is 0 Å². The summed E-state index contributed by atoms with van der Waals surface area (Å²) in [5.41, 5.74) is 3.49. The summed E-state index contributed by atoms with van der Waals surface area (Å²) in [6, 6.07) is 13.7. The Morgan fingerprint density at radius 2 is 1.53 bits per heavy atom. The van der Waals surface area contributed by atoms with Crippen LogP contribution in [0.2, 0.25) is 0 Å². The highest BCUT2D eigenvalue weighted by Gasteiger charge is 2.22. The normalized spacial score (nSPS) is 19.0. The maximum Gasteiger partial charge on any atom is 0.165 e. The van der Waals surface area contributed by atoms with Gasteiger partial charge in [-0.1, -0.05) is 76.3 Å². The van der Waals surface area contributed by atoms with Crippen molar-refractivity contribution in [2.45, 2.75) is 90.4 Å². The molecule has 2 aromatic rings. The van der Waals surface area contributed by atoms with Crippen LogP contribution >= 0.6 is 0 Å². The summed E-state index contributed by atoms with van der Waals surface area (Å²) in [7, 11) is 0. The summed E-state index contributed by atoms with van der Waals surface area (Å²) >= 11 is 0. The van der Waals surface area contributed by atoms with Crippen LogP contribution in [0.4, 0.5) is 4.39 Å².